The average Bonchev–Trinajstić information content (AvgIpc) is 0.903. The highest BCUT2D eigenvalue weighted by Gasteiger charge is 2.31. The number of esters is 4. The van der Waals surface area contributed by atoms with Crippen molar-refractivity contribution >= 4 is 39.5 Å². The van der Waals surface area contributed by atoms with Crippen LogP contribution in [0.3, 0.4) is 0 Å². The van der Waals surface area contributed by atoms with Crippen molar-refractivity contribution in [3.63, 3.8) is 0 Å². The fraction of sp³-hybridized carbons (Fsp3) is 0.956. The van der Waals surface area contributed by atoms with Crippen LogP contribution in [0.1, 0.15) is 491 Å². The second-order valence-corrected chi connectivity index (χ2v) is 36.3. The summed E-state index contributed by atoms with van der Waals surface area (Å²) in [7, 11) is -9.93. The van der Waals surface area contributed by atoms with Gasteiger partial charge in [0.1, 0.15) is 19.3 Å². The second-order valence-electron chi connectivity index (χ2n) is 33.4. The van der Waals surface area contributed by atoms with Gasteiger partial charge in [-0.1, -0.05) is 440 Å². The van der Waals surface area contributed by atoms with Crippen LogP contribution in [0.25, 0.3) is 0 Å². The molecule has 17 nitrogen and oxygen atoms in total. The minimum absolute atomic E-state index is 0.109. The topological polar surface area (TPSA) is 237 Å². The van der Waals surface area contributed by atoms with Crippen molar-refractivity contribution in [2.75, 3.05) is 39.6 Å². The van der Waals surface area contributed by atoms with Gasteiger partial charge in [-0.3, -0.25) is 37.3 Å². The van der Waals surface area contributed by atoms with Crippen LogP contribution in [0.4, 0.5) is 0 Å². The number of aliphatic hydroxyl groups is 1. The van der Waals surface area contributed by atoms with Crippen LogP contribution in [-0.2, 0) is 65.4 Å². The van der Waals surface area contributed by atoms with Gasteiger partial charge in [0.05, 0.1) is 26.4 Å². The number of hydrogen-bond donors (Lipinski definition) is 3. The van der Waals surface area contributed by atoms with Crippen LogP contribution < -0.4 is 0 Å². The van der Waals surface area contributed by atoms with Gasteiger partial charge in [-0.25, -0.2) is 9.13 Å². The molecule has 0 fully saturated rings. The number of aliphatic hydroxyl groups excluding tert-OH is 1. The molecule has 0 saturated heterocycles. The SMILES string of the molecule is CCCCCCCCCCCCCCCCCC(=O)O[C@H](COC(=O)CCCCCCCCCCCCCC)COP(=O)(O)OC[C@H](O)COP(=O)(O)OC[C@@H](COC(=O)CCCCCCCCCCCCCCCCCCCCC(C)C)OC(=O)CCCCCCCCCCCCCCCCCCCCC(C)CC. The Labute approximate surface area is 677 Å². The maximum Gasteiger partial charge on any atom is 0.472 e. The molecule has 0 aromatic heterocycles. The lowest BCUT2D eigenvalue weighted by Gasteiger charge is -2.21. The minimum Gasteiger partial charge on any atom is -0.462 e. The highest BCUT2D eigenvalue weighted by molar-refractivity contribution is 7.47. The predicted molar refractivity (Wildman–Crippen MR) is 455 cm³/mol. The van der Waals surface area contributed by atoms with E-state index in [0.29, 0.717) is 25.7 Å². The molecule has 110 heavy (non-hydrogen) atoms. The summed E-state index contributed by atoms with van der Waals surface area (Å²) < 4.78 is 69.1. The summed E-state index contributed by atoms with van der Waals surface area (Å²) in [5.74, 6) is -0.399. The summed E-state index contributed by atoms with van der Waals surface area (Å²) in [4.78, 5) is 73.4. The van der Waals surface area contributed by atoms with Crippen LogP contribution >= 0.6 is 15.6 Å². The molecule has 0 bridgehead atoms. The van der Waals surface area contributed by atoms with E-state index in [0.717, 1.165) is 102 Å². The Morgan fingerprint density at radius 2 is 0.464 bits per heavy atom. The molecule has 0 rings (SSSR count). The normalized spacial score (nSPS) is 14.0. The highest BCUT2D eigenvalue weighted by Crippen LogP contribution is 2.45. The minimum atomic E-state index is -4.97. The van der Waals surface area contributed by atoms with Crippen molar-refractivity contribution in [1.29, 1.82) is 0 Å². The number of phosphoric ester groups is 2. The van der Waals surface area contributed by atoms with Crippen molar-refractivity contribution < 1.29 is 80.2 Å². The largest absolute Gasteiger partial charge is 0.472 e. The zero-order valence-corrected chi connectivity index (χ0v) is 74.4. The lowest BCUT2D eigenvalue weighted by atomic mass is 9.99. The van der Waals surface area contributed by atoms with Gasteiger partial charge in [0.2, 0.25) is 0 Å². The Balaban J connectivity index is 5.23. The van der Waals surface area contributed by atoms with E-state index in [1.807, 2.05) is 0 Å². The fourth-order valence-corrected chi connectivity index (χ4v) is 15.9. The summed E-state index contributed by atoms with van der Waals surface area (Å²) in [6.07, 6.45) is 76.3. The molecule has 3 unspecified atom stereocenters. The van der Waals surface area contributed by atoms with Crippen molar-refractivity contribution in [3.05, 3.63) is 0 Å². The number of ether oxygens (including phenoxy) is 4. The molecule has 0 heterocycles. The van der Waals surface area contributed by atoms with E-state index >= 15 is 0 Å². The van der Waals surface area contributed by atoms with Crippen LogP contribution in [0.2, 0.25) is 0 Å². The highest BCUT2D eigenvalue weighted by atomic mass is 31.2. The third-order valence-corrected chi connectivity index (χ3v) is 23.7. The van der Waals surface area contributed by atoms with Gasteiger partial charge in [-0.2, -0.15) is 0 Å². The molecule has 3 N–H and O–H groups in total. The molecule has 0 spiro atoms. The van der Waals surface area contributed by atoms with Crippen molar-refractivity contribution in [2.45, 2.75) is 509 Å². The molecule has 0 aromatic rings. The van der Waals surface area contributed by atoms with Gasteiger partial charge < -0.3 is 33.8 Å². The molecular formula is C91H178O17P2. The lowest BCUT2D eigenvalue weighted by Crippen LogP contribution is -2.30. The van der Waals surface area contributed by atoms with Gasteiger partial charge >= 0.3 is 39.5 Å². The summed E-state index contributed by atoms with van der Waals surface area (Å²) in [6, 6.07) is 0. The summed E-state index contributed by atoms with van der Waals surface area (Å²) in [5, 5.41) is 10.7. The Morgan fingerprint density at radius 3 is 0.691 bits per heavy atom. The smallest absolute Gasteiger partial charge is 0.462 e. The Morgan fingerprint density at radius 1 is 0.264 bits per heavy atom. The Bertz CT molecular complexity index is 2100. The first kappa shape index (κ1) is 108. The quantitative estimate of drug-likeness (QED) is 0.0222. The summed E-state index contributed by atoms with van der Waals surface area (Å²) >= 11 is 0. The predicted octanol–water partition coefficient (Wildman–Crippen LogP) is 28.2. The first-order valence-electron chi connectivity index (χ1n) is 47.0. The molecular weight excluding hydrogens is 1430 g/mol. The third kappa shape index (κ3) is 82.6. The fourth-order valence-electron chi connectivity index (χ4n) is 14.3. The Hall–Kier alpha value is -1.94. The number of carbonyl (C=O) groups excluding carboxylic acids is 4. The van der Waals surface area contributed by atoms with Crippen LogP contribution in [0, 0.1) is 11.8 Å². The molecule has 6 atom stereocenters. The van der Waals surface area contributed by atoms with E-state index in [2.05, 4.69) is 41.5 Å². The summed E-state index contributed by atoms with van der Waals surface area (Å²) in [6.45, 7) is 9.81. The van der Waals surface area contributed by atoms with Crippen molar-refractivity contribution in [1.82, 2.24) is 0 Å². The molecule has 0 saturated carbocycles. The second kappa shape index (κ2) is 82.2. The van der Waals surface area contributed by atoms with E-state index in [-0.39, 0.29) is 25.7 Å². The number of unbranched alkanes of at least 4 members (excludes halogenated alkanes) is 59. The summed E-state index contributed by atoms with van der Waals surface area (Å²) in [5.41, 5.74) is 0. The molecule has 0 aromatic carbocycles. The molecule has 19 heteroatoms. The van der Waals surface area contributed by atoms with Gasteiger partial charge in [-0.15, -0.1) is 0 Å². The van der Waals surface area contributed by atoms with Gasteiger partial charge in [0.25, 0.3) is 0 Å². The first-order chi connectivity index (χ1) is 53.4. The maximum atomic E-state index is 13.2. The van der Waals surface area contributed by atoms with Gasteiger partial charge in [0.15, 0.2) is 12.2 Å². The zero-order valence-electron chi connectivity index (χ0n) is 72.6. The van der Waals surface area contributed by atoms with Gasteiger partial charge in [0, 0.05) is 25.7 Å². The number of hydrogen-bond acceptors (Lipinski definition) is 15. The maximum absolute atomic E-state index is 13.2. The molecule has 0 aliphatic heterocycles. The average molecular weight is 1610 g/mol. The molecule has 0 aliphatic carbocycles. The number of rotatable bonds is 90. The Kier molecular flexibility index (Phi) is 80.7. The monoisotopic (exact) mass is 1610 g/mol. The van der Waals surface area contributed by atoms with Crippen molar-refractivity contribution in [3.8, 4) is 0 Å². The third-order valence-electron chi connectivity index (χ3n) is 21.8. The zero-order chi connectivity index (χ0) is 80.6. The van der Waals surface area contributed by atoms with E-state index in [1.165, 1.54) is 308 Å². The van der Waals surface area contributed by atoms with Crippen LogP contribution in [-0.4, -0.2) is 96.7 Å². The van der Waals surface area contributed by atoms with Crippen molar-refractivity contribution in [2.24, 2.45) is 11.8 Å². The lowest BCUT2D eigenvalue weighted by molar-refractivity contribution is -0.161. The first-order valence-corrected chi connectivity index (χ1v) is 50.0. The van der Waals surface area contributed by atoms with Crippen LogP contribution in [0.5, 0.6) is 0 Å². The van der Waals surface area contributed by atoms with E-state index in [9.17, 15) is 43.2 Å². The standard InChI is InChI=1S/C91H178O17P2/c1-7-10-12-14-16-18-20-22-31-39-45-51-57-63-69-75-90(95)107-86(79-101-88(93)73-67-61-55-49-43-21-19-17-15-13-11-8-2)81-105-109(97,98)103-77-85(92)78-104-110(99,100)106-82-87(80-102-89(94)74-68-62-56-50-44-38-34-29-25-23-27-32-36-41-47-53-59-65-71-83(4)5)108-91(96)76-70-64-58-52-46-40-35-30-26-24-28-33-37-42-48-54-60-66-72-84(6)9-3/h83-87,92H,7-82H2,1-6H3,(H,97,98)(H,99,100)/t84?,85-,86+,87+/m0/s1. The molecule has 654 valence electrons. The van der Waals surface area contributed by atoms with E-state index in [1.54, 1.807) is 0 Å². The molecule has 0 aliphatic rings. The number of carbonyl (C=O) groups is 4. The number of phosphoric acid groups is 2. The molecule has 0 amide bonds. The van der Waals surface area contributed by atoms with E-state index < -0.39 is 97.5 Å². The van der Waals surface area contributed by atoms with Gasteiger partial charge in [-0.05, 0) is 37.5 Å². The van der Waals surface area contributed by atoms with Crippen LogP contribution in [0.15, 0.2) is 0 Å². The molecule has 0 radical (unpaired) electrons. The van der Waals surface area contributed by atoms with E-state index in [4.69, 9.17) is 37.0 Å².